The summed E-state index contributed by atoms with van der Waals surface area (Å²) in [5, 5.41) is 0.824. The van der Waals surface area contributed by atoms with Crippen molar-refractivity contribution in [2.75, 3.05) is 12.8 Å². The number of methoxy groups -OCH3 is 1. The molecule has 0 saturated heterocycles. The maximum atomic E-state index is 5.91. The smallest absolute Gasteiger partial charge is 0.151 e. The van der Waals surface area contributed by atoms with Gasteiger partial charge >= 0.3 is 0 Å². The van der Waals surface area contributed by atoms with Crippen molar-refractivity contribution in [3.63, 3.8) is 0 Å². The molecule has 0 bridgehead atoms. The van der Waals surface area contributed by atoms with Gasteiger partial charge in [-0.25, -0.2) is 4.98 Å². The van der Waals surface area contributed by atoms with E-state index in [1.165, 1.54) is 5.56 Å². The molecule has 2 heterocycles. The number of imidazole rings is 1. The number of rotatable bonds is 3. The van der Waals surface area contributed by atoms with Crippen LogP contribution in [0.15, 0.2) is 24.3 Å². The molecule has 5 heteroatoms. The second-order valence-corrected chi connectivity index (χ2v) is 5.78. The summed E-state index contributed by atoms with van der Waals surface area (Å²) in [4.78, 5) is 5.91. The van der Waals surface area contributed by atoms with Crippen LogP contribution in [0, 0.1) is 6.92 Å². The van der Waals surface area contributed by atoms with E-state index in [4.69, 9.17) is 15.5 Å². The second kappa shape index (κ2) is 4.83. The highest BCUT2D eigenvalue weighted by molar-refractivity contribution is 7.19. The van der Waals surface area contributed by atoms with Gasteiger partial charge in [-0.2, -0.15) is 0 Å². The standard InChI is InChI=1S/C15H17N3OS/c1-4-18-12-6-5-10(19-3)8-11(12)17-15(18)14-9(2)7-13(16)20-14/h5-8H,4,16H2,1-3H3. The molecule has 2 N–H and O–H groups in total. The van der Waals surface area contributed by atoms with Crippen LogP contribution >= 0.6 is 11.3 Å². The molecule has 2 aromatic heterocycles. The zero-order chi connectivity index (χ0) is 14.3. The molecule has 0 amide bonds. The van der Waals surface area contributed by atoms with Crippen LogP contribution in [0.2, 0.25) is 0 Å². The molecule has 0 radical (unpaired) electrons. The number of aromatic nitrogens is 2. The molecule has 0 aliphatic rings. The first-order valence-corrected chi connectivity index (χ1v) is 7.36. The quantitative estimate of drug-likeness (QED) is 0.799. The molecule has 0 fully saturated rings. The van der Waals surface area contributed by atoms with Gasteiger partial charge in [0.1, 0.15) is 5.75 Å². The zero-order valence-corrected chi connectivity index (χ0v) is 12.6. The summed E-state index contributed by atoms with van der Waals surface area (Å²) in [5.41, 5.74) is 9.15. The molecule has 3 rings (SSSR count). The van der Waals surface area contributed by atoms with E-state index in [2.05, 4.69) is 24.5 Å². The molecular weight excluding hydrogens is 270 g/mol. The van der Waals surface area contributed by atoms with Crippen LogP contribution in [-0.4, -0.2) is 16.7 Å². The van der Waals surface area contributed by atoms with Crippen molar-refractivity contribution in [3.05, 3.63) is 29.8 Å². The van der Waals surface area contributed by atoms with Crippen LogP contribution in [0.3, 0.4) is 0 Å². The third-order valence-electron chi connectivity index (χ3n) is 3.41. The van der Waals surface area contributed by atoms with Crippen molar-refractivity contribution in [1.82, 2.24) is 9.55 Å². The van der Waals surface area contributed by atoms with Gasteiger partial charge in [0.05, 0.1) is 28.0 Å². The molecule has 104 valence electrons. The first kappa shape index (κ1) is 13.0. The fourth-order valence-corrected chi connectivity index (χ4v) is 3.40. The Bertz CT molecular complexity index is 773. The molecule has 0 saturated carbocycles. The van der Waals surface area contributed by atoms with Crippen LogP contribution in [0.4, 0.5) is 5.00 Å². The van der Waals surface area contributed by atoms with E-state index in [-0.39, 0.29) is 0 Å². The van der Waals surface area contributed by atoms with E-state index in [1.807, 2.05) is 18.2 Å². The van der Waals surface area contributed by atoms with E-state index in [0.717, 1.165) is 39.0 Å². The number of ether oxygens (including phenoxy) is 1. The summed E-state index contributed by atoms with van der Waals surface area (Å²) in [7, 11) is 1.67. The zero-order valence-electron chi connectivity index (χ0n) is 11.8. The number of nitrogen functional groups attached to an aromatic ring is 1. The predicted molar refractivity (Wildman–Crippen MR) is 84.4 cm³/mol. The number of nitrogens with zero attached hydrogens (tertiary/aromatic N) is 2. The van der Waals surface area contributed by atoms with Crippen molar-refractivity contribution in [2.45, 2.75) is 20.4 Å². The summed E-state index contributed by atoms with van der Waals surface area (Å²) in [6.07, 6.45) is 0. The third-order valence-corrected chi connectivity index (χ3v) is 4.47. The van der Waals surface area contributed by atoms with Gasteiger partial charge in [-0.15, -0.1) is 11.3 Å². The van der Waals surface area contributed by atoms with Crippen molar-refractivity contribution in [1.29, 1.82) is 0 Å². The molecule has 4 nitrogen and oxygen atoms in total. The lowest BCUT2D eigenvalue weighted by atomic mass is 10.3. The molecule has 0 atom stereocenters. The molecule has 0 aliphatic heterocycles. The fraction of sp³-hybridized carbons (Fsp3) is 0.267. The Labute approximate surface area is 121 Å². The summed E-state index contributed by atoms with van der Waals surface area (Å²) in [5.74, 6) is 1.81. The Hall–Kier alpha value is -2.01. The number of fused-ring (bicyclic) bond motifs is 1. The average Bonchev–Trinajstić information content (AvgIpc) is 2.96. The average molecular weight is 287 g/mol. The van der Waals surface area contributed by atoms with Crippen LogP contribution in [0.1, 0.15) is 12.5 Å². The highest BCUT2D eigenvalue weighted by Crippen LogP contribution is 2.35. The lowest BCUT2D eigenvalue weighted by Gasteiger charge is -2.05. The van der Waals surface area contributed by atoms with Crippen LogP contribution in [0.5, 0.6) is 5.75 Å². The first-order valence-electron chi connectivity index (χ1n) is 6.54. The molecule has 3 aromatic rings. The first-order chi connectivity index (χ1) is 9.63. The number of hydrogen-bond donors (Lipinski definition) is 1. The largest absolute Gasteiger partial charge is 0.497 e. The SMILES string of the molecule is CCn1c(-c2sc(N)cc2C)nc2cc(OC)ccc21. The van der Waals surface area contributed by atoms with E-state index in [0.29, 0.717) is 0 Å². The molecule has 20 heavy (non-hydrogen) atoms. The summed E-state index contributed by atoms with van der Waals surface area (Å²) in [6.45, 7) is 5.07. The molecule has 0 aliphatic carbocycles. The van der Waals surface area contributed by atoms with Gasteiger partial charge in [-0.3, -0.25) is 0 Å². The van der Waals surface area contributed by atoms with Crippen molar-refractivity contribution < 1.29 is 4.74 Å². The Kier molecular flexibility index (Phi) is 3.14. The lowest BCUT2D eigenvalue weighted by molar-refractivity contribution is 0.415. The molecule has 0 spiro atoms. The van der Waals surface area contributed by atoms with Crippen LogP contribution in [-0.2, 0) is 6.54 Å². The fourth-order valence-electron chi connectivity index (χ4n) is 2.46. The molecular formula is C15H17N3OS. The second-order valence-electron chi connectivity index (χ2n) is 4.70. The number of anilines is 1. The topological polar surface area (TPSA) is 53.1 Å². The number of aryl methyl sites for hydroxylation is 2. The Morgan fingerprint density at radius 1 is 1.35 bits per heavy atom. The van der Waals surface area contributed by atoms with Crippen LogP contribution < -0.4 is 10.5 Å². The normalized spacial score (nSPS) is 11.2. The highest BCUT2D eigenvalue weighted by atomic mass is 32.1. The minimum atomic E-state index is 0.824. The Morgan fingerprint density at radius 3 is 2.75 bits per heavy atom. The predicted octanol–water partition coefficient (Wildman–Crippen LogP) is 3.68. The van der Waals surface area contributed by atoms with Crippen molar-refractivity contribution in [2.24, 2.45) is 0 Å². The minimum Gasteiger partial charge on any atom is -0.497 e. The Balaban J connectivity index is 2.27. The van der Waals surface area contributed by atoms with Gasteiger partial charge in [-0.05, 0) is 37.6 Å². The maximum Gasteiger partial charge on any atom is 0.151 e. The summed E-state index contributed by atoms with van der Waals surface area (Å²) >= 11 is 1.59. The maximum absolute atomic E-state index is 5.91. The minimum absolute atomic E-state index is 0.824. The third kappa shape index (κ3) is 1.94. The molecule has 1 aromatic carbocycles. The van der Waals surface area contributed by atoms with Gasteiger partial charge in [0.25, 0.3) is 0 Å². The Morgan fingerprint density at radius 2 is 2.15 bits per heavy atom. The van der Waals surface area contributed by atoms with E-state index in [1.54, 1.807) is 18.4 Å². The monoisotopic (exact) mass is 287 g/mol. The van der Waals surface area contributed by atoms with E-state index < -0.39 is 0 Å². The molecule has 0 unspecified atom stereocenters. The van der Waals surface area contributed by atoms with Crippen LogP contribution in [0.25, 0.3) is 21.7 Å². The highest BCUT2D eigenvalue weighted by Gasteiger charge is 2.16. The number of hydrogen-bond acceptors (Lipinski definition) is 4. The van der Waals surface area contributed by atoms with Gasteiger partial charge < -0.3 is 15.0 Å². The van der Waals surface area contributed by atoms with Gasteiger partial charge in [0.2, 0.25) is 0 Å². The summed E-state index contributed by atoms with van der Waals surface area (Å²) in [6, 6.07) is 7.99. The summed E-state index contributed by atoms with van der Waals surface area (Å²) < 4.78 is 7.49. The number of benzene rings is 1. The van der Waals surface area contributed by atoms with Crippen molar-refractivity contribution in [3.8, 4) is 16.5 Å². The van der Waals surface area contributed by atoms with Gasteiger partial charge in [0, 0.05) is 12.6 Å². The van der Waals surface area contributed by atoms with E-state index >= 15 is 0 Å². The van der Waals surface area contributed by atoms with Crippen molar-refractivity contribution >= 4 is 27.4 Å². The van der Waals surface area contributed by atoms with E-state index in [9.17, 15) is 0 Å². The number of thiophene rings is 1. The number of nitrogens with two attached hydrogens (primary N) is 1. The van der Waals surface area contributed by atoms with Gasteiger partial charge in [-0.1, -0.05) is 0 Å². The van der Waals surface area contributed by atoms with Gasteiger partial charge in [0.15, 0.2) is 5.82 Å². The lowest BCUT2D eigenvalue weighted by Crippen LogP contribution is -1.96.